The quantitative estimate of drug-likeness (QED) is 0.467. The van der Waals surface area contributed by atoms with Crippen LogP contribution in [0.3, 0.4) is 0 Å². The summed E-state index contributed by atoms with van der Waals surface area (Å²) >= 11 is 0. The van der Waals surface area contributed by atoms with Gasteiger partial charge in [0.2, 0.25) is 0 Å². The van der Waals surface area contributed by atoms with Crippen molar-refractivity contribution in [3.63, 3.8) is 0 Å². The summed E-state index contributed by atoms with van der Waals surface area (Å²) in [5.41, 5.74) is 1.43. The minimum absolute atomic E-state index is 0.149. The molecule has 0 saturated heterocycles. The van der Waals surface area contributed by atoms with Crippen LogP contribution >= 0.6 is 0 Å². The highest BCUT2D eigenvalue weighted by Gasteiger charge is 2.16. The molecule has 0 saturated carbocycles. The number of esters is 1. The molecule has 2 N–H and O–H groups in total. The van der Waals surface area contributed by atoms with Crippen LogP contribution in [0.2, 0.25) is 0 Å². The van der Waals surface area contributed by atoms with Gasteiger partial charge in [0.15, 0.2) is 0 Å². The second-order valence-electron chi connectivity index (χ2n) is 4.94. The number of carbonyl (C=O) groups is 1. The van der Waals surface area contributed by atoms with Crippen molar-refractivity contribution in [3.8, 4) is 0 Å². The molecule has 0 aliphatic heterocycles. The van der Waals surface area contributed by atoms with Gasteiger partial charge in [-0.25, -0.2) is 4.79 Å². The maximum Gasteiger partial charge on any atom is 0.356 e. The van der Waals surface area contributed by atoms with Gasteiger partial charge in [0, 0.05) is 0 Å². The van der Waals surface area contributed by atoms with Gasteiger partial charge in [-0.2, -0.15) is 23.4 Å². The number of sulfonamides is 1. The number of aryl methyl sites for hydroxylation is 1. The van der Waals surface area contributed by atoms with E-state index < -0.39 is 16.0 Å². The molecule has 0 spiro atoms. The lowest BCUT2D eigenvalue weighted by atomic mass is 10.2. The zero-order valence-electron chi connectivity index (χ0n) is 13.5. The van der Waals surface area contributed by atoms with Gasteiger partial charge in [-0.15, -0.1) is 0 Å². The first-order chi connectivity index (χ1) is 11.3. The van der Waals surface area contributed by atoms with Gasteiger partial charge in [-0.3, -0.25) is 5.10 Å². The number of carbonyl (C=O) groups excluding carboxylic acids is 1. The number of hydrogen-bond acceptors (Lipinski definition) is 6. The number of nitrogens with zero attached hydrogens (tertiary/aromatic N) is 2. The first kappa shape index (κ1) is 17.7. The summed E-state index contributed by atoms with van der Waals surface area (Å²) in [5.74, 6) is -0.537. The Kier molecular flexibility index (Phi) is 5.35. The van der Waals surface area contributed by atoms with Crippen LogP contribution in [0.25, 0.3) is 0 Å². The van der Waals surface area contributed by atoms with Gasteiger partial charge < -0.3 is 4.74 Å². The van der Waals surface area contributed by atoms with Gasteiger partial charge in [0.1, 0.15) is 11.4 Å². The molecule has 9 heteroatoms. The monoisotopic (exact) mass is 350 g/mol. The average Bonchev–Trinajstić information content (AvgIpc) is 3.03. The van der Waals surface area contributed by atoms with E-state index in [4.69, 9.17) is 4.74 Å². The number of aromatic nitrogens is 2. The summed E-state index contributed by atoms with van der Waals surface area (Å²) in [4.78, 5) is 13.9. The number of ether oxygens (including phenoxy) is 1. The molecule has 2 aromatic rings. The van der Waals surface area contributed by atoms with Crippen LogP contribution in [-0.4, -0.2) is 36.9 Å². The van der Waals surface area contributed by atoms with Gasteiger partial charge in [-0.1, -0.05) is 18.2 Å². The van der Waals surface area contributed by atoms with Crippen molar-refractivity contribution in [2.45, 2.75) is 25.7 Å². The first-order valence-electron chi connectivity index (χ1n) is 7.19. The highest BCUT2D eigenvalue weighted by atomic mass is 32.2. The Balaban J connectivity index is 2.17. The van der Waals surface area contributed by atoms with Crippen molar-refractivity contribution in [2.75, 3.05) is 6.61 Å². The van der Waals surface area contributed by atoms with Gasteiger partial charge >= 0.3 is 5.97 Å². The highest BCUT2D eigenvalue weighted by Crippen LogP contribution is 2.13. The molecule has 128 valence electrons. The molecule has 0 radical (unpaired) electrons. The first-order valence-corrected chi connectivity index (χ1v) is 8.68. The average molecular weight is 350 g/mol. The smallest absolute Gasteiger partial charge is 0.356 e. The van der Waals surface area contributed by atoms with E-state index in [9.17, 15) is 13.2 Å². The van der Waals surface area contributed by atoms with E-state index in [-0.39, 0.29) is 17.2 Å². The SMILES string of the molecule is CCOC(=O)c1cc(/C(C)=N\NS(=O)(=O)c2ccccc2C)n[nH]1. The highest BCUT2D eigenvalue weighted by molar-refractivity contribution is 7.89. The normalized spacial score (nSPS) is 12.0. The molecule has 0 aliphatic carbocycles. The molecule has 1 aromatic heterocycles. The van der Waals surface area contributed by atoms with Gasteiger partial charge in [-0.05, 0) is 38.5 Å². The maximum absolute atomic E-state index is 12.3. The van der Waals surface area contributed by atoms with Crippen LogP contribution in [0.5, 0.6) is 0 Å². The Morgan fingerprint density at radius 3 is 2.75 bits per heavy atom. The lowest BCUT2D eigenvalue weighted by Crippen LogP contribution is -2.20. The van der Waals surface area contributed by atoms with Crippen LogP contribution < -0.4 is 4.83 Å². The molecule has 0 bridgehead atoms. The summed E-state index contributed by atoms with van der Waals surface area (Å²) in [6.45, 7) is 5.22. The Bertz CT molecular complexity index is 871. The molecule has 8 nitrogen and oxygen atoms in total. The van der Waals surface area contributed by atoms with Crippen molar-refractivity contribution in [3.05, 3.63) is 47.3 Å². The summed E-state index contributed by atoms with van der Waals surface area (Å²) in [7, 11) is -3.78. The van der Waals surface area contributed by atoms with E-state index in [0.29, 0.717) is 17.0 Å². The minimum Gasteiger partial charge on any atom is -0.461 e. The van der Waals surface area contributed by atoms with Crippen molar-refractivity contribution in [2.24, 2.45) is 5.10 Å². The molecular weight excluding hydrogens is 332 g/mol. The van der Waals surface area contributed by atoms with E-state index in [2.05, 4.69) is 20.1 Å². The molecule has 1 aromatic carbocycles. The standard InChI is InChI=1S/C15H18N4O4S/c1-4-23-15(20)13-9-12(17-18-13)11(3)16-19-24(21,22)14-8-6-5-7-10(14)2/h5-9,19H,4H2,1-3H3,(H,17,18)/b16-11-. The van der Waals surface area contributed by atoms with E-state index >= 15 is 0 Å². The predicted molar refractivity (Wildman–Crippen MR) is 88.3 cm³/mol. The zero-order valence-corrected chi connectivity index (χ0v) is 14.3. The third kappa shape index (κ3) is 3.99. The Labute approximate surface area is 140 Å². The largest absolute Gasteiger partial charge is 0.461 e. The number of hydrogen-bond donors (Lipinski definition) is 2. The third-order valence-corrected chi connectivity index (χ3v) is 4.53. The Hall–Kier alpha value is -2.68. The Morgan fingerprint density at radius 2 is 2.08 bits per heavy atom. The summed E-state index contributed by atoms with van der Waals surface area (Å²) in [6.07, 6.45) is 0. The third-order valence-electron chi connectivity index (χ3n) is 3.16. The molecule has 2 rings (SSSR count). The van der Waals surface area contributed by atoms with Crippen molar-refractivity contribution in [1.29, 1.82) is 0 Å². The molecule has 24 heavy (non-hydrogen) atoms. The number of rotatable bonds is 6. The topological polar surface area (TPSA) is 114 Å². The number of aromatic amines is 1. The molecule has 0 unspecified atom stereocenters. The summed E-state index contributed by atoms with van der Waals surface area (Å²) in [6, 6.07) is 8.03. The zero-order chi connectivity index (χ0) is 17.7. The van der Waals surface area contributed by atoms with E-state index in [1.54, 1.807) is 39.0 Å². The maximum atomic E-state index is 12.3. The number of H-pyrrole nitrogens is 1. The summed E-state index contributed by atoms with van der Waals surface area (Å²) in [5, 5.41) is 10.3. The van der Waals surface area contributed by atoms with Crippen molar-refractivity contribution < 1.29 is 17.9 Å². The second kappa shape index (κ2) is 7.26. The number of hydrazone groups is 1. The fraction of sp³-hybridized carbons (Fsp3) is 0.267. The van der Waals surface area contributed by atoms with Crippen LogP contribution in [0.1, 0.15) is 35.6 Å². The summed E-state index contributed by atoms with van der Waals surface area (Å²) < 4.78 is 29.4. The molecule has 0 atom stereocenters. The minimum atomic E-state index is -3.78. The number of benzene rings is 1. The van der Waals surface area contributed by atoms with Crippen LogP contribution in [-0.2, 0) is 14.8 Å². The fourth-order valence-corrected chi connectivity index (χ4v) is 3.02. The lowest BCUT2D eigenvalue weighted by molar-refractivity contribution is 0.0519. The molecule has 0 fully saturated rings. The van der Waals surface area contributed by atoms with Gasteiger partial charge in [0.05, 0.1) is 17.2 Å². The van der Waals surface area contributed by atoms with Crippen molar-refractivity contribution in [1.82, 2.24) is 15.0 Å². The molecular formula is C15H18N4O4S. The van der Waals surface area contributed by atoms with Crippen molar-refractivity contribution >= 4 is 21.7 Å². The van der Waals surface area contributed by atoms with Crippen LogP contribution in [0, 0.1) is 6.92 Å². The molecule has 1 heterocycles. The fourth-order valence-electron chi connectivity index (χ4n) is 1.91. The van der Waals surface area contributed by atoms with Crippen LogP contribution in [0.4, 0.5) is 0 Å². The van der Waals surface area contributed by atoms with Crippen LogP contribution in [0.15, 0.2) is 40.3 Å². The second-order valence-corrected chi connectivity index (χ2v) is 6.57. The Morgan fingerprint density at radius 1 is 1.38 bits per heavy atom. The predicted octanol–water partition coefficient (Wildman–Crippen LogP) is 1.60. The van der Waals surface area contributed by atoms with Gasteiger partial charge in [0.25, 0.3) is 10.0 Å². The molecule has 0 aliphatic rings. The lowest BCUT2D eigenvalue weighted by Gasteiger charge is -2.06. The number of nitrogens with one attached hydrogen (secondary N) is 2. The van der Waals surface area contributed by atoms with E-state index in [0.717, 1.165) is 0 Å². The van der Waals surface area contributed by atoms with E-state index in [1.165, 1.54) is 12.1 Å². The molecule has 0 amide bonds. The van der Waals surface area contributed by atoms with E-state index in [1.807, 2.05) is 0 Å².